The number of likely N-dealkylation sites (N-methyl/N-ethyl adjacent to an activating group) is 1. The SMILES string of the molecule is CCCC(N)CN1CC(C)N(C)C(C)C1. The molecule has 90 valence electrons. The standard InChI is InChI=1S/C12H27N3/c1-5-6-12(13)9-15-7-10(2)14(4)11(3)8-15/h10-12H,5-9,13H2,1-4H3. The summed E-state index contributed by atoms with van der Waals surface area (Å²) in [5.74, 6) is 0. The van der Waals surface area contributed by atoms with Gasteiger partial charge in [0.25, 0.3) is 0 Å². The molecule has 0 aromatic heterocycles. The lowest BCUT2D eigenvalue weighted by atomic mass is 10.1. The van der Waals surface area contributed by atoms with E-state index in [1.165, 1.54) is 6.42 Å². The van der Waals surface area contributed by atoms with Crippen molar-refractivity contribution in [2.45, 2.75) is 51.7 Å². The van der Waals surface area contributed by atoms with Crippen LogP contribution in [0.25, 0.3) is 0 Å². The van der Waals surface area contributed by atoms with Crippen LogP contribution >= 0.6 is 0 Å². The molecule has 1 heterocycles. The monoisotopic (exact) mass is 213 g/mol. The fraction of sp³-hybridized carbons (Fsp3) is 1.00. The molecule has 0 aromatic carbocycles. The predicted octanol–water partition coefficient (Wildman–Crippen LogP) is 1.14. The van der Waals surface area contributed by atoms with Gasteiger partial charge in [0.15, 0.2) is 0 Å². The third kappa shape index (κ3) is 3.74. The number of nitrogens with two attached hydrogens (primary N) is 1. The third-order valence-electron chi connectivity index (χ3n) is 3.59. The first-order valence-electron chi connectivity index (χ1n) is 6.24. The fourth-order valence-electron chi connectivity index (χ4n) is 2.46. The maximum Gasteiger partial charge on any atom is 0.0195 e. The first-order chi connectivity index (χ1) is 7.04. The van der Waals surface area contributed by atoms with Crippen molar-refractivity contribution in [3.8, 4) is 0 Å². The van der Waals surface area contributed by atoms with Crippen LogP contribution in [0.5, 0.6) is 0 Å². The topological polar surface area (TPSA) is 32.5 Å². The smallest absolute Gasteiger partial charge is 0.0195 e. The average Bonchev–Trinajstić information content (AvgIpc) is 2.14. The number of piperazine rings is 1. The van der Waals surface area contributed by atoms with Gasteiger partial charge in [-0.15, -0.1) is 0 Å². The summed E-state index contributed by atoms with van der Waals surface area (Å²) in [5.41, 5.74) is 6.09. The molecule has 0 aliphatic carbocycles. The Morgan fingerprint density at radius 2 is 1.80 bits per heavy atom. The second-order valence-electron chi connectivity index (χ2n) is 5.13. The van der Waals surface area contributed by atoms with E-state index in [2.05, 4.69) is 37.6 Å². The Balaban J connectivity index is 2.37. The highest BCUT2D eigenvalue weighted by Gasteiger charge is 2.26. The Labute approximate surface area is 94.6 Å². The Morgan fingerprint density at radius 1 is 1.27 bits per heavy atom. The molecule has 0 aromatic rings. The summed E-state index contributed by atoms with van der Waals surface area (Å²) < 4.78 is 0. The Hall–Kier alpha value is -0.120. The van der Waals surface area contributed by atoms with E-state index < -0.39 is 0 Å². The van der Waals surface area contributed by atoms with Gasteiger partial charge in [0.05, 0.1) is 0 Å². The molecule has 0 spiro atoms. The molecule has 2 N–H and O–H groups in total. The minimum absolute atomic E-state index is 0.359. The van der Waals surface area contributed by atoms with E-state index in [0.717, 1.165) is 26.1 Å². The first kappa shape index (κ1) is 12.9. The number of hydrogen-bond acceptors (Lipinski definition) is 3. The average molecular weight is 213 g/mol. The van der Waals surface area contributed by atoms with Crippen LogP contribution < -0.4 is 5.73 Å². The van der Waals surface area contributed by atoms with Gasteiger partial charge in [0.1, 0.15) is 0 Å². The van der Waals surface area contributed by atoms with Crippen LogP contribution in [0.1, 0.15) is 33.6 Å². The predicted molar refractivity (Wildman–Crippen MR) is 66.0 cm³/mol. The molecule has 3 unspecified atom stereocenters. The minimum Gasteiger partial charge on any atom is -0.327 e. The summed E-state index contributed by atoms with van der Waals surface area (Å²) in [5, 5.41) is 0. The van der Waals surface area contributed by atoms with Gasteiger partial charge >= 0.3 is 0 Å². The van der Waals surface area contributed by atoms with Crippen molar-refractivity contribution in [2.24, 2.45) is 5.73 Å². The minimum atomic E-state index is 0.359. The van der Waals surface area contributed by atoms with Crippen molar-refractivity contribution in [1.29, 1.82) is 0 Å². The molecule has 3 atom stereocenters. The highest BCUT2D eigenvalue weighted by Crippen LogP contribution is 2.13. The van der Waals surface area contributed by atoms with E-state index in [4.69, 9.17) is 5.73 Å². The zero-order valence-electron chi connectivity index (χ0n) is 10.7. The summed E-state index contributed by atoms with van der Waals surface area (Å²) in [6.45, 7) is 10.2. The lowest BCUT2D eigenvalue weighted by molar-refractivity contribution is 0.0562. The zero-order valence-corrected chi connectivity index (χ0v) is 10.7. The molecular weight excluding hydrogens is 186 g/mol. The van der Waals surface area contributed by atoms with E-state index in [9.17, 15) is 0 Å². The number of rotatable bonds is 4. The molecule has 1 fully saturated rings. The molecular formula is C12H27N3. The van der Waals surface area contributed by atoms with E-state index in [1.807, 2.05) is 0 Å². The van der Waals surface area contributed by atoms with Crippen molar-refractivity contribution in [3.63, 3.8) is 0 Å². The van der Waals surface area contributed by atoms with Gasteiger partial charge in [-0.05, 0) is 27.3 Å². The van der Waals surface area contributed by atoms with Crippen LogP contribution in [-0.4, -0.2) is 54.6 Å². The van der Waals surface area contributed by atoms with Crippen LogP contribution in [0.15, 0.2) is 0 Å². The van der Waals surface area contributed by atoms with Crippen LogP contribution in [0.4, 0.5) is 0 Å². The molecule has 1 saturated heterocycles. The van der Waals surface area contributed by atoms with Gasteiger partial charge in [0.2, 0.25) is 0 Å². The molecule has 3 heteroatoms. The Morgan fingerprint density at radius 3 is 2.27 bits per heavy atom. The second-order valence-corrected chi connectivity index (χ2v) is 5.13. The van der Waals surface area contributed by atoms with Gasteiger partial charge in [-0.2, -0.15) is 0 Å². The molecule has 1 rings (SSSR count). The lowest BCUT2D eigenvalue weighted by Gasteiger charge is -2.43. The van der Waals surface area contributed by atoms with E-state index in [1.54, 1.807) is 0 Å². The molecule has 0 saturated carbocycles. The van der Waals surface area contributed by atoms with Gasteiger partial charge in [-0.25, -0.2) is 0 Å². The normalized spacial score (nSPS) is 31.8. The van der Waals surface area contributed by atoms with Crippen LogP contribution in [0.3, 0.4) is 0 Å². The summed E-state index contributed by atoms with van der Waals surface area (Å²) in [4.78, 5) is 4.98. The summed E-state index contributed by atoms with van der Waals surface area (Å²) in [6.07, 6.45) is 2.34. The van der Waals surface area contributed by atoms with Crippen molar-refractivity contribution >= 4 is 0 Å². The largest absolute Gasteiger partial charge is 0.327 e. The second kappa shape index (κ2) is 5.83. The maximum atomic E-state index is 6.09. The number of hydrogen-bond donors (Lipinski definition) is 1. The van der Waals surface area contributed by atoms with Crippen LogP contribution in [0.2, 0.25) is 0 Å². The van der Waals surface area contributed by atoms with E-state index >= 15 is 0 Å². The lowest BCUT2D eigenvalue weighted by Crippen LogP contribution is -2.56. The van der Waals surface area contributed by atoms with Gasteiger partial charge < -0.3 is 5.73 Å². The van der Waals surface area contributed by atoms with Crippen LogP contribution in [0, 0.1) is 0 Å². The number of nitrogens with zero attached hydrogens (tertiary/aromatic N) is 2. The maximum absolute atomic E-state index is 6.09. The van der Waals surface area contributed by atoms with Gasteiger partial charge in [-0.1, -0.05) is 13.3 Å². The van der Waals surface area contributed by atoms with Gasteiger partial charge in [0, 0.05) is 37.8 Å². The van der Waals surface area contributed by atoms with Crippen LogP contribution in [-0.2, 0) is 0 Å². The summed E-state index contributed by atoms with van der Waals surface area (Å²) in [6, 6.07) is 1.67. The van der Waals surface area contributed by atoms with Crippen molar-refractivity contribution in [3.05, 3.63) is 0 Å². The highest BCUT2D eigenvalue weighted by molar-refractivity contribution is 4.84. The van der Waals surface area contributed by atoms with Crippen molar-refractivity contribution < 1.29 is 0 Å². The molecule has 0 radical (unpaired) electrons. The van der Waals surface area contributed by atoms with E-state index in [0.29, 0.717) is 18.1 Å². The molecule has 3 nitrogen and oxygen atoms in total. The molecule has 0 amide bonds. The summed E-state index contributed by atoms with van der Waals surface area (Å²) in [7, 11) is 2.22. The highest BCUT2D eigenvalue weighted by atomic mass is 15.3. The molecule has 1 aliphatic rings. The molecule has 1 aliphatic heterocycles. The van der Waals surface area contributed by atoms with Crippen molar-refractivity contribution in [1.82, 2.24) is 9.80 Å². The zero-order chi connectivity index (χ0) is 11.4. The van der Waals surface area contributed by atoms with E-state index in [-0.39, 0.29) is 0 Å². The Kier molecular flexibility index (Phi) is 5.03. The van der Waals surface area contributed by atoms with Gasteiger partial charge in [-0.3, -0.25) is 9.80 Å². The van der Waals surface area contributed by atoms with Crippen molar-refractivity contribution in [2.75, 3.05) is 26.7 Å². The fourth-order valence-corrected chi connectivity index (χ4v) is 2.46. The summed E-state index contributed by atoms with van der Waals surface area (Å²) >= 11 is 0. The molecule has 15 heavy (non-hydrogen) atoms. The molecule has 0 bridgehead atoms. The Bertz CT molecular complexity index is 172. The third-order valence-corrected chi connectivity index (χ3v) is 3.59. The quantitative estimate of drug-likeness (QED) is 0.760. The first-order valence-corrected chi connectivity index (χ1v) is 6.24.